The third-order valence-electron chi connectivity index (χ3n) is 9.98. The van der Waals surface area contributed by atoms with E-state index in [0.717, 1.165) is 11.8 Å². The summed E-state index contributed by atoms with van der Waals surface area (Å²) in [5.74, 6) is -3.45. The molecule has 8 heteroatoms. The van der Waals surface area contributed by atoms with E-state index in [1.165, 1.54) is 12.2 Å². The van der Waals surface area contributed by atoms with Gasteiger partial charge in [0.2, 0.25) is 5.60 Å². The molecular weight excluding hydrogens is 456 g/mol. The normalized spacial score (nSPS) is 48.0. The first-order chi connectivity index (χ1) is 16.5. The number of nitrogens with zero attached hydrogens (tertiary/aromatic N) is 1. The Morgan fingerprint density at radius 3 is 2.57 bits per heavy atom. The lowest BCUT2D eigenvalue weighted by atomic mass is 9.44. The van der Waals surface area contributed by atoms with Crippen LogP contribution >= 0.6 is 0 Å². The first-order valence-electron chi connectivity index (χ1n) is 12.2. The van der Waals surface area contributed by atoms with Crippen LogP contribution in [-0.4, -0.2) is 52.1 Å². The van der Waals surface area contributed by atoms with Gasteiger partial charge in [0.15, 0.2) is 11.5 Å². The Hall–Kier alpha value is -2.58. The number of rotatable bonds is 2. The Balaban J connectivity index is 1.45. The van der Waals surface area contributed by atoms with Crippen molar-refractivity contribution >= 4 is 17.4 Å². The number of ketones is 1. The van der Waals surface area contributed by atoms with Gasteiger partial charge in [-0.1, -0.05) is 31.2 Å². The zero-order chi connectivity index (χ0) is 25.0. The van der Waals surface area contributed by atoms with Crippen molar-refractivity contribution in [3.05, 3.63) is 54.1 Å². The summed E-state index contributed by atoms with van der Waals surface area (Å²) in [6.07, 6.45) is 0.677. The van der Waals surface area contributed by atoms with E-state index < -0.39 is 63.9 Å². The summed E-state index contributed by atoms with van der Waals surface area (Å²) < 4.78 is 32.8. The second-order valence-electron chi connectivity index (χ2n) is 11.3. The van der Waals surface area contributed by atoms with E-state index in [9.17, 15) is 19.8 Å². The maximum atomic E-state index is 17.3. The molecule has 0 amide bonds. The summed E-state index contributed by atoms with van der Waals surface area (Å²) >= 11 is 0. The van der Waals surface area contributed by atoms with E-state index in [1.54, 1.807) is 18.9 Å². The highest BCUT2D eigenvalue weighted by molar-refractivity contribution is 6.01. The number of para-hydroxylation sites is 1. The summed E-state index contributed by atoms with van der Waals surface area (Å²) in [5.41, 5.74) is -5.74. The van der Waals surface area contributed by atoms with Gasteiger partial charge < -0.3 is 10.2 Å². The summed E-state index contributed by atoms with van der Waals surface area (Å²) in [7, 11) is 0. The Morgan fingerprint density at radius 2 is 1.89 bits per heavy atom. The number of hydroxylamine groups is 1. The molecule has 4 aliphatic carbocycles. The van der Waals surface area contributed by atoms with Gasteiger partial charge in [-0.2, -0.15) is 0 Å². The Labute approximate surface area is 202 Å². The lowest BCUT2D eigenvalue weighted by Gasteiger charge is -2.62. The van der Waals surface area contributed by atoms with E-state index in [0.29, 0.717) is 13.0 Å². The third kappa shape index (κ3) is 2.54. The van der Waals surface area contributed by atoms with Crippen LogP contribution in [0.5, 0.6) is 0 Å². The van der Waals surface area contributed by atoms with Crippen LogP contribution in [0.1, 0.15) is 33.1 Å². The quantitative estimate of drug-likeness (QED) is 0.663. The van der Waals surface area contributed by atoms with Crippen molar-refractivity contribution in [1.82, 2.24) is 0 Å². The van der Waals surface area contributed by atoms with Crippen molar-refractivity contribution < 1.29 is 33.4 Å². The molecule has 3 saturated carbocycles. The van der Waals surface area contributed by atoms with E-state index in [4.69, 9.17) is 4.84 Å². The zero-order valence-electron chi connectivity index (χ0n) is 19.7. The lowest BCUT2D eigenvalue weighted by molar-refractivity contribution is -0.233. The average molecular weight is 486 g/mol. The molecule has 4 fully saturated rings. The highest BCUT2D eigenvalue weighted by atomic mass is 19.1. The molecule has 1 aromatic carbocycles. The number of alkyl halides is 2. The van der Waals surface area contributed by atoms with E-state index in [1.807, 2.05) is 30.3 Å². The molecule has 0 unspecified atom stereocenters. The van der Waals surface area contributed by atoms with Crippen molar-refractivity contribution in [2.45, 2.75) is 56.7 Å². The van der Waals surface area contributed by atoms with Crippen LogP contribution in [0.2, 0.25) is 0 Å². The highest BCUT2D eigenvalue weighted by Gasteiger charge is 2.80. The molecular formula is C27H29F2NO5. The Morgan fingerprint density at radius 1 is 1.17 bits per heavy atom. The van der Waals surface area contributed by atoms with Gasteiger partial charge in [-0.3, -0.25) is 14.7 Å². The van der Waals surface area contributed by atoms with Gasteiger partial charge in [0.25, 0.3) is 0 Å². The molecule has 35 heavy (non-hydrogen) atoms. The number of allylic oxidation sites excluding steroid dienone is 4. The number of hydrogen-bond donors (Lipinski definition) is 2. The number of carbonyl (C=O) groups is 2. The molecule has 1 aromatic rings. The van der Waals surface area contributed by atoms with E-state index >= 15 is 8.78 Å². The maximum absolute atomic E-state index is 17.3. The minimum absolute atomic E-state index is 0.0593. The van der Waals surface area contributed by atoms with Gasteiger partial charge in [0.05, 0.1) is 18.3 Å². The Bertz CT molecular complexity index is 1170. The van der Waals surface area contributed by atoms with Gasteiger partial charge >= 0.3 is 5.97 Å². The fraction of sp³-hybridized carbons (Fsp3) is 0.556. The van der Waals surface area contributed by atoms with Crippen LogP contribution in [0.4, 0.5) is 14.5 Å². The molecule has 0 spiro atoms. The number of carbonyl (C=O) groups excluding carboxylic acids is 1. The summed E-state index contributed by atoms with van der Waals surface area (Å²) in [4.78, 5) is 31.2. The monoisotopic (exact) mass is 485 g/mol. The molecule has 186 valence electrons. The second-order valence-corrected chi connectivity index (χ2v) is 11.3. The molecule has 1 aliphatic heterocycles. The van der Waals surface area contributed by atoms with Gasteiger partial charge in [0.1, 0.15) is 6.17 Å². The minimum atomic E-state index is -2.24. The van der Waals surface area contributed by atoms with Crippen LogP contribution < -0.4 is 5.06 Å². The van der Waals surface area contributed by atoms with Crippen LogP contribution in [0.3, 0.4) is 0 Å². The van der Waals surface area contributed by atoms with Crippen molar-refractivity contribution in [1.29, 1.82) is 0 Å². The summed E-state index contributed by atoms with van der Waals surface area (Å²) in [6, 6.07) is 9.20. The Kier molecular flexibility index (Phi) is 4.58. The number of carboxylic acids is 1. The standard InChI is InChI=1S/C27H29F2NO5/c1-24-9-8-17(31)11-20(24)21(28)12-19-18-10-15-14-30(16-6-4-3-5-7-16)35-27(15,23(33)34)25(18,2)13-22(32)26(19,24)29/h3-9,11,15,18-19,21-22,32H,10,12-14H2,1-2H3,(H,33,34)/t15-,18-,19-,21-,22-,24-,25-,26-,27-/m0/s1. The number of aliphatic hydroxyl groups excluding tert-OH is 1. The molecule has 0 radical (unpaired) electrons. The molecule has 0 bridgehead atoms. The van der Waals surface area contributed by atoms with Crippen LogP contribution in [0.25, 0.3) is 0 Å². The van der Waals surface area contributed by atoms with Crippen molar-refractivity contribution in [3.63, 3.8) is 0 Å². The molecule has 1 heterocycles. The van der Waals surface area contributed by atoms with Crippen molar-refractivity contribution in [2.75, 3.05) is 11.6 Å². The number of anilines is 1. The van der Waals surface area contributed by atoms with E-state index in [-0.39, 0.29) is 18.4 Å². The fourth-order valence-electron chi connectivity index (χ4n) is 8.36. The number of carboxylic acid groups (broad SMARTS) is 1. The summed E-state index contributed by atoms with van der Waals surface area (Å²) in [5, 5.41) is 23.6. The van der Waals surface area contributed by atoms with Gasteiger partial charge in [-0.25, -0.2) is 13.6 Å². The SMILES string of the molecule is C[C@]12C=CC(=O)C=C1[C@@H](F)C[C@H]1[C@@H]3C[C@H]4CN(c5ccccc5)O[C@@]4(C(=O)O)[C@@]3(C)C[C@H](O)[C@@]12F. The predicted molar refractivity (Wildman–Crippen MR) is 123 cm³/mol. The molecule has 9 atom stereocenters. The third-order valence-corrected chi connectivity index (χ3v) is 9.98. The molecule has 6 rings (SSSR count). The zero-order valence-corrected chi connectivity index (χ0v) is 19.7. The topological polar surface area (TPSA) is 87.1 Å². The van der Waals surface area contributed by atoms with Crippen LogP contribution in [0.15, 0.2) is 54.1 Å². The number of halogens is 2. The second kappa shape index (κ2) is 7.01. The number of aliphatic hydroxyl groups is 1. The van der Waals surface area contributed by atoms with Crippen molar-refractivity contribution in [3.8, 4) is 0 Å². The van der Waals surface area contributed by atoms with Gasteiger partial charge in [-0.05, 0) is 62.0 Å². The average Bonchev–Trinajstić information content (AvgIpc) is 3.32. The minimum Gasteiger partial charge on any atom is -0.479 e. The first kappa shape index (κ1) is 22.9. The number of hydrogen-bond acceptors (Lipinski definition) is 5. The number of fused-ring (bicyclic) bond motifs is 7. The highest BCUT2D eigenvalue weighted by Crippen LogP contribution is 2.72. The van der Waals surface area contributed by atoms with Crippen LogP contribution in [-0.2, 0) is 14.4 Å². The van der Waals surface area contributed by atoms with Crippen molar-refractivity contribution in [2.24, 2.45) is 28.6 Å². The maximum Gasteiger partial charge on any atom is 0.339 e. The molecule has 2 N–H and O–H groups in total. The number of benzene rings is 1. The fourth-order valence-corrected chi connectivity index (χ4v) is 8.36. The predicted octanol–water partition coefficient (Wildman–Crippen LogP) is 3.81. The van der Waals surface area contributed by atoms with Crippen LogP contribution in [0, 0.1) is 28.6 Å². The number of aliphatic carboxylic acids is 1. The first-order valence-corrected chi connectivity index (χ1v) is 12.2. The molecule has 1 saturated heterocycles. The summed E-state index contributed by atoms with van der Waals surface area (Å²) in [6.45, 7) is 3.60. The van der Waals surface area contributed by atoms with Gasteiger partial charge in [0, 0.05) is 22.7 Å². The van der Waals surface area contributed by atoms with E-state index in [2.05, 4.69) is 0 Å². The molecule has 6 nitrogen and oxygen atoms in total. The lowest BCUT2D eigenvalue weighted by Crippen LogP contribution is -2.70. The largest absolute Gasteiger partial charge is 0.479 e. The molecule has 0 aromatic heterocycles. The van der Waals surface area contributed by atoms with Gasteiger partial charge in [-0.15, -0.1) is 0 Å². The molecule has 5 aliphatic rings. The smallest absolute Gasteiger partial charge is 0.339 e.